The summed E-state index contributed by atoms with van der Waals surface area (Å²) in [6, 6.07) is 14.9. The minimum atomic E-state index is -4.57. The van der Waals surface area contributed by atoms with Gasteiger partial charge in [-0.25, -0.2) is 9.18 Å². The summed E-state index contributed by atoms with van der Waals surface area (Å²) < 4.78 is 70.7. The summed E-state index contributed by atoms with van der Waals surface area (Å²) in [7, 11) is 1.46. The Hall–Kier alpha value is -4.27. The third kappa shape index (κ3) is 5.79. The number of fused-ring (bicyclic) bond motifs is 1. The Morgan fingerprint density at radius 2 is 1.77 bits per heavy atom. The van der Waals surface area contributed by atoms with E-state index in [1.807, 2.05) is 4.90 Å². The second kappa shape index (κ2) is 12.4. The molecule has 44 heavy (non-hydrogen) atoms. The van der Waals surface area contributed by atoms with E-state index in [1.165, 1.54) is 35.9 Å². The van der Waals surface area contributed by atoms with Gasteiger partial charge < -0.3 is 14.4 Å². The molecule has 2 aliphatic rings. The van der Waals surface area contributed by atoms with E-state index in [0.29, 0.717) is 67.3 Å². The van der Waals surface area contributed by atoms with Crippen LogP contribution in [0.4, 0.5) is 23.2 Å². The first kappa shape index (κ1) is 29.8. The van der Waals surface area contributed by atoms with Gasteiger partial charge in [0.2, 0.25) is 0 Å². The van der Waals surface area contributed by atoms with Crippen molar-refractivity contribution in [1.82, 2.24) is 14.0 Å². The molecule has 3 aromatic carbocycles. The van der Waals surface area contributed by atoms with Gasteiger partial charge in [-0.05, 0) is 42.3 Å². The number of benzene rings is 3. The van der Waals surface area contributed by atoms with E-state index in [0.717, 1.165) is 19.2 Å². The van der Waals surface area contributed by atoms with Crippen LogP contribution >= 0.6 is 0 Å². The van der Waals surface area contributed by atoms with Crippen LogP contribution in [-0.4, -0.2) is 67.1 Å². The number of anilines is 1. The Bertz CT molecular complexity index is 1780. The molecular weight excluding hydrogens is 576 g/mol. The molecule has 0 radical (unpaired) electrons. The van der Waals surface area contributed by atoms with E-state index in [2.05, 4.69) is 16.7 Å². The number of rotatable bonds is 6. The highest BCUT2D eigenvalue weighted by Crippen LogP contribution is 2.36. The Labute approximate surface area is 252 Å². The molecule has 1 aromatic heterocycles. The summed E-state index contributed by atoms with van der Waals surface area (Å²) in [6.45, 7) is 4.00. The largest absolute Gasteiger partial charge is 0.494 e. The van der Waals surface area contributed by atoms with Crippen LogP contribution in [0, 0.1) is 17.7 Å². The molecule has 2 saturated heterocycles. The van der Waals surface area contributed by atoms with Gasteiger partial charge in [-0.15, -0.1) is 0 Å². The molecule has 0 spiro atoms. The van der Waals surface area contributed by atoms with Crippen molar-refractivity contribution in [2.45, 2.75) is 25.2 Å². The molecule has 11 heteroatoms. The van der Waals surface area contributed by atoms with Crippen LogP contribution in [0.15, 0.2) is 65.5 Å². The summed E-state index contributed by atoms with van der Waals surface area (Å²) in [4.78, 5) is 18.1. The second-order valence-electron chi connectivity index (χ2n) is 10.9. The number of halogens is 4. The van der Waals surface area contributed by atoms with E-state index in [4.69, 9.17) is 9.47 Å². The fourth-order valence-corrected chi connectivity index (χ4v) is 6.17. The molecule has 7 nitrogen and oxygen atoms in total. The maximum atomic E-state index is 15.3. The van der Waals surface area contributed by atoms with Crippen molar-refractivity contribution in [3.05, 3.63) is 93.7 Å². The number of ether oxygens (including phenoxy) is 2. The molecule has 0 aliphatic carbocycles. The average molecular weight is 609 g/mol. The molecule has 3 heterocycles. The minimum absolute atomic E-state index is 0.0215. The van der Waals surface area contributed by atoms with Crippen LogP contribution in [0.25, 0.3) is 11.0 Å². The van der Waals surface area contributed by atoms with Crippen molar-refractivity contribution >= 4 is 16.7 Å². The zero-order valence-corrected chi connectivity index (χ0v) is 24.2. The number of morpholine rings is 1. The number of hydrogen-bond donors (Lipinski definition) is 0. The molecule has 2 aliphatic heterocycles. The lowest BCUT2D eigenvalue weighted by Gasteiger charge is -2.24. The van der Waals surface area contributed by atoms with Crippen molar-refractivity contribution in [2.75, 3.05) is 57.9 Å². The lowest BCUT2D eigenvalue weighted by Crippen LogP contribution is -2.36. The van der Waals surface area contributed by atoms with Crippen molar-refractivity contribution < 1.29 is 27.0 Å². The first-order valence-electron chi connectivity index (χ1n) is 14.5. The number of aromatic nitrogens is 2. The Morgan fingerprint density at radius 1 is 1.00 bits per heavy atom. The summed E-state index contributed by atoms with van der Waals surface area (Å²) in [5.41, 5.74) is 0.647. The van der Waals surface area contributed by atoms with Crippen LogP contribution in [0.5, 0.6) is 5.75 Å². The first-order chi connectivity index (χ1) is 21.3. The number of para-hydroxylation sites is 2. The third-order valence-corrected chi connectivity index (χ3v) is 8.28. The van der Waals surface area contributed by atoms with Gasteiger partial charge in [0.1, 0.15) is 17.1 Å². The number of hydrogen-bond acceptors (Lipinski definition) is 5. The van der Waals surface area contributed by atoms with E-state index in [-0.39, 0.29) is 18.2 Å². The van der Waals surface area contributed by atoms with E-state index < -0.39 is 23.2 Å². The topological polar surface area (TPSA) is 51.9 Å². The van der Waals surface area contributed by atoms with Gasteiger partial charge in [0.25, 0.3) is 0 Å². The van der Waals surface area contributed by atoms with Crippen molar-refractivity contribution in [3.63, 3.8) is 0 Å². The number of alkyl halides is 3. The van der Waals surface area contributed by atoms with E-state index >= 15 is 4.39 Å². The number of nitrogens with zero attached hydrogens (tertiary/aromatic N) is 4. The van der Waals surface area contributed by atoms with Crippen molar-refractivity contribution in [1.29, 1.82) is 0 Å². The van der Waals surface area contributed by atoms with Crippen molar-refractivity contribution in [2.24, 2.45) is 0 Å². The highest BCUT2D eigenvalue weighted by molar-refractivity contribution is 5.83. The van der Waals surface area contributed by atoms with Crippen LogP contribution in [0.1, 0.15) is 29.2 Å². The molecule has 0 saturated carbocycles. The van der Waals surface area contributed by atoms with Crippen LogP contribution in [0.3, 0.4) is 0 Å². The smallest absolute Gasteiger partial charge is 0.416 e. The molecule has 0 bridgehead atoms. The number of imidazole rings is 1. The van der Waals surface area contributed by atoms with Crippen LogP contribution in [-0.2, 0) is 17.5 Å². The third-order valence-electron chi connectivity index (χ3n) is 8.28. The highest BCUT2D eigenvalue weighted by Gasteiger charge is 2.34. The van der Waals surface area contributed by atoms with Gasteiger partial charge in [0.15, 0.2) is 0 Å². The zero-order chi connectivity index (χ0) is 30.8. The molecule has 0 unspecified atom stereocenters. The van der Waals surface area contributed by atoms with Gasteiger partial charge >= 0.3 is 11.9 Å². The summed E-state index contributed by atoms with van der Waals surface area (Å²) in [5.74, 6) is 6.29. The van der Waals surface area contributed by atoms with Gasteiger partial charge in [-0.2, -0.15) is 13.2 Å². The molecule has 230 valence electrons. The Balaban J connectivity index is 1.34. The highest BCUT2D eigenvalue weighted by atomic mass is 19.4. The Morgan fingerprint density at radius 3 is 2.55 bits per heavy atom. The average Bonchev–Trinajstić information content (AvgIpc) is 3.59. The monoisotopic (exact) mass is 608 g/mol. The standard InChI is InChI=1S/C33H32F4N4O3/c1-43-29-13-5-12-28-31(29)40(21-24-7-2-3-10-26(24)33(35,36)37)32(42)41(28)25-14-16-39(22-25)30-23(8-4-11-27(30)34)9-6-15-38-17-19-44-20-18-38/h2-5,7-8,10-13,25H,14-22H2,1H3/t25-/m1/s1. The molecule has 6 rings (SSSR count). The number of methoxy groups -OCH3 is 1. The van der Waals surface area contributed by atoms with Crippen molar-refractivity contribution in [3.8, 4) is 17.6 Å². The SMILES string of the molecule is COc1cccc2c1n(Cc1ccccc1C(F)(F)F)c(=O)n2[C@@H]1CCN(c2c(F)cccc2C#CCN2CCOCC2)C1. The van der Waals surface area contributed by atoms with E-state index in [9.17, 15) is 18.0 Å². The lowest BCUT2D eigenvalue weighted by molar-refractivity contribution is -0.138. The molecule has 2 fully saturated rings. The second-order valence-corrected chi connectivity index (χ2v) is 10.9. The van der Waals surface area contributed by atoms with Crippen LogP contribution in [0.2, 0.25) is 0 Å². The van der Waals surface area contributed by atoms with Crippen LogP contribution < -0.4 is 15.3 Å². The molecular formula is C33H32F4N4O3. The maximum absolute atomic E-state index is 15.3. The first-order valence-corrected chi connectivity index (χ1v) is 14.5. The Kier molecular flexibility index (Phi) is 8.38. The molecule has 0 amide bonds. The van der Waals surface area contributed by atoms with Gasteiger partial charge in [0, 0.05) is 26.2 Å². The predicted octanol–water partition coefficient (Wildman–Crippen LogP) is 5.15. The van der Waals surface area contributed by atoms with Gasteiger partial charge in [-0.3, -0.25) is 14.0 Å². The fourth-order valence-electron chi connectivity index (χ4n) is 6.17. The quantitative estimate of drug-likeness (QED) is 0.224. The summed E-state index contributed by atoms with van der Waals surface area (Å²) in [5, 5.41) is 0. The fraction of sp³-hybridized carbons (Fsp3) is 0.364. The zero-order valence-electron chi connectivity index (χ0n) is 24.2. The van der Waals surface area contributed by atoms with Gasteiger partial charge in [0.05, 0.1) is 61.8 Å². The predicted molar refractivity (Wildman–Crippen MR) is 160 cm³/mol. The lowest BCUT2D eigenvalue weighted by atomic mass is 10.1. The normalized spacial score (nSPS) is 17.6. The maximum Gasteiger partial charge on any atom is 0.416 e. The summed E-state index contributed by atoms with van der Waals surface area (Å²) >= 11 is 0. The molecule has 1 atom stereocenters. The minimum Gasteiger partial charge on any atom is -0.494 e. The summed E-state index contributed by atoms with van der Waals surface area (Å²) in [6.07, 6.45) is -4.04. The molecule has 0 N–H and O–H groups in total. The van der Waals surface area contributed by atoms with Gasteiger partial charge in [-0.1, -0.05) is 42.2 Å². The van der Waals surface area contributed by atoms with E-state index in [1.54, 1.807) is 34.9 Å². The molecule has 4 aromatic rings.